The number of amidine groups is 1. The molecule has 1 aromatic heterocycles. The third-order valence-corrected chi connectivity index (χ3v) is 4.97. The van der Waals surface area contributed by atoms with E-state index in [1.807, 2.05) is 30.3 Å². The first-order valence-electron chi connectivity index (χ1n) is 9.44. The van der Waals surface area contributed by atoms with Gasteiger partial charge in [-0.2, -0.15) is 0 Å². The lowest BCUT2D eigenvalue weighted by Crippen LogP contribution is -2.14. The van der Waals surface area contributed by atoms with Gasteiger partial charge in [0.05, 0.1) is 22.8 Å². The molecule has 1 heterocycles. The summed E-state index contributed by atoms with van der Waals surface area (Å²) in [5, 5.41) is 0.690. The van der Waals surface area contributed by atoms with Gasteiger partial charge in [0, 0.05) is 24.4 Å². The minimum Gasteiger partial charge on any atom is -0.496 e. The number of nitrogens with two attached hydrogens (primary N) is 1. The Kier molecular flexibility index (Phi) is 7.19. The first-order valence-corrected chi connectivity index (χ1v) is 10.2. The molecule has 0 aliphatic rings. The summed E-state index contributed by atoms with van der Waals surface area (Å²) in [6, 6.07) is 12.7. The van der Waals surface area contributed by atoms with Crippen LogP contribution in [0.1, 0.15) is 30.9 Å². The topological polar surface area (TPSA) is 69.7 Å². The van der Waals surface area contributed by atoms with Crippen molar-refractivity contribution in [2.24, 2.45) is 10.7 Å². The fraction of sp³-hybridized carbons (Fsp3) is 0.217. The lowest BCUT2D eigenvalue weighted by molar-refractivity contribution is 0.405. The van der Waals surface area contributed by atoms with E-state index >= 15 is 0 Å². The summed E-state index contributed by atoms with van der Waals surface area (Å²) in [7, 11) is 1.65. The van der Waals surface area contributed by atoms with E-state index < -0.39 is 0 Å². The molecule has 3 aromatic rings. The Morgan fingerprint density at radius 1 is 1.13 bits per heavy atom. The molecule has 0 amide bonds. The first kappa shape index (κ1) is 21.9. The smallest absolute Gasteiger partial charge is 0.164 e. The molecule has 0 saturated heterocycles. The summed E-state index contributed by atoms with van der Waals surface area (Å²) in [5.74, 6) is 2.50. The van der Waals surface area contributed by atoms with Crippen molar-refractivity contribution in [1.29, 1.82) is 0 Å². The Morgan fingerprint density at radius 3 is 2.47 bits per heavy atom. The van der Waals surface area contributed by atoms with Crippen molar-refractivity contribution in [2.75, 3.05) is 7.11 Å². The lowest BCUT2D eigenvalue weighted by Gasteiger charge is -2.15. The molecule has 0 aliphatic carbocycles. The van der Waals surface area contributed by atoms with E-state index in [0.29, 0.717) is 39.5 Å². The number of hydrogen-bond donors (Lipinski definition) is 1. The number of pyridine rings is 1. The first-order chi connectivity index (χ1) is 14.4. The van der Waals surface area contributed by atoms with E-state index in [4.69, 9.17) is 38.4 Å². The predicted molar refractivity (Wildman–Crippen MR) is 123 cm³/mol. The highest BCUT2D eigenvalue weighted by Crippen LogP contribution is 2.41. The molecule has 5 nitrogen and oxygen atoms in total. The number of rotatable bonds is 7. The van der Waals surface area contributed by atoms with Crippen molar-refractivity contribution in [3.8, 4) is 17.2 Å². The number of benzene rings is 2. The van der Waals surface area contributed by atoms with Crippen molar-refractivity contribution < 1.29 is 9.47 Å². The van der Waals surface area contributed by atoms with Gasteiger partial charge in [-0.25, -0.2) is 4.99 Å². The zero-order valence-corrected chi connectivity index (χ0v) is 18.5. The van der Waals surface area contributed by atoms with Crippen molar-refractivity contribution in [2.45, 2.75) is 26.2 Å². The van der Waals surface area contributed by atoms with Crippen LogP contribution in [0.5, 0.6) is 17.2 Å². The van der Waals surface area contributed by atoms with Crippen LogP contribution in [0.3, 0.4) is 0 Å². The zero-order valence-electron chi connectivity index (χ0n) is 17.0. The van der Waals surface area contributed by atoms with Crippen LogP contribution in [0.4, 0.5) is 5.69 Å². The van der Waals surface area contributed by atoms with Gasteiger partial charge in [0.25, 0.3) is 0 Å². The van der Waals surface area contributed by atoms with Gasteiger partial charge < -0.3 is 15.2 Å². The number of aromatic nitrogens is 1. The van der Waals surface area contributed by atoms with Gasteiger partial charge in [0.2, 0.25) is 0 Å². The van der Waals surface area contributed by atoms with Gasteiger partial charge in [0.1, 0.15) is 17.3 Å². The Labute approximate surface area is 186 Å². The molecule has 156 valence electrons. The second-order valence-electron chi connectivity index (χ2n) is 7.04. The standard InChI is InChI=1S/C23H23Cl2N3O2/c1-14(2)18-12-17(6-7-21(18)29-3)30-23-19(24)10-16(11-20(23)25)28-22(26)9-15-5-4-8-27-13-15/h4-8,10-14H,9H2,1-3H3,(H2,26,28). The van der Waals surface area contributed by atoms with Gasteiger partial charge in [-0.1, -0.05) is 43.1 Å². The van der Waals surface area contributed by atoms with E-state index in [2.05, 4.69) is 23.8 Å². The molecule has 7 heteroatoms. The van der Waals surface area contributed by atoms with Gasteiger partial charge in [-0.05, 0) is 47.9 Å². The molecule has 0 spiro atoms. The maximum atomic E-state index is 6.43. The molecule has 0 bridgehead atoms. The van der Waals surface area contributed by atoms with E-state index in [1.54, 1.807) is 31.6 Å². The maximum Gasteiger partial charge on any atom is 0.164 e. The molecule has 0 radical (unpaired) electrons. The molecule has 2 aromatic carbocycles. The third kappa shape index (κ3) is 5.43. The molecule has 2 N–H and O–H groups in total. The summed E-state index contributed by atoms with van der Waals surface area (Å²) in [6.45, 7) is 4.18. The Balaban J connectivity index is 1.83. The number of hydrogen-bond acceptors (Lipinski definition) is 4. The van der Waals surface area contributed by atoms with E-state index in [-0.39, 0.29) is 5.92 Å². The minimum absolute atomic E-state index is 0.272. The highest BCUT2D eigenvalue weighted by molar-refractivity contribution is 6.37. The highest BCUT2D eigenvalue weighted by atomic mass is 35.5. The summed E-state index contributed by atoms with van der Waals surface area (Å²) < 4.78 is 11.4. The predicted octanol–water partition coefficient (Wildman–Crippen LogP) is 6.54. The molecule has 0 unspecified atom stereocenters. The van der Waals surface area contributed by atoms with Crippen LogP contribution in [0, 0.1) is 0 Å². The Bertz CT molecular complexity index is 1030. The Morgan fingerprint density at radius 2 is 1.87 bits per heavy atom. The lowest BCUT2D eigenvalue weighted by atomic mass is 10.0. The molecular weight excluding hydrogens is 421 g/mol. The summed E-state index contributed by atoms with van der Waals surface area (Å²) >= 11 is 12.9. The monoisotopic (exact) mass is 443 g/mol. The molecule has 0 aliphatic heterocycles. The van der Waals surface area contributed by atoms with Crippen molar-refractivity contribution in [1.82, 2.24) is 4.98 Å². The molecule has 0 fully saturated rings. The summed E-state index contributed by atoms with van der Waals surface area (Å²) in [6.07, 6.45) is 3.94. The molecule has 0 saturated carbocycles. The van der Waals surface area contributed by atoms with Crippen LogP contribution in [0.2, 0.25) is 10.0 Å². The van der Waals surface area contributed by atoms with Gasteiger partial charge in [-0.15, -0.1) is 0 Å². The number of halogens is 2. The van der Waals surface area contributed by atoms with E-state index in [0.717, 1.165) is 16.9 Å². The largest absolute Gasteiger partial charge is 0.496 e. The molecule has 0 atom stereocenters. The van der Waals surface area contributed by atoms with Crippen LogP contribution in [0.15, 0.2) is 59.9 Å². The fourth-order valence-corrected chi connectivity index (χ4v) is 3.52. The summed E-state index contributed by atoms with van der Waals surface area (Å²) in [5.41, 5.74) is 8.62. The van der Waals surface area contributed by atoms with Crippen LogP contribution < -0.4 is 15.2 Å². The summed E-state index contributed by atoms with van der Waals surface area (Å²) in [4.78, 5) is 8.48. The highest BCUT2D eigenvalue weighted by Gasteiger charge is 2.14. The van der Waals surface area contributed by atoms with Crippen molar-refractivity contribution >= 4 is 34.7 Å². The third-order valence-electron chi connectivity index (χ3n) is 4.41. The average molecular weight is 444 g/mol. The van der Waals surface area contributed by atoms with Crippen molar-refractivity contribution in [3.63, 3.8) is 0 Å². The van der Waals surface area contributed by atoms with Crippen LogP contribution in [0.25, 0.3) is 0 Å². The average Bonchev–Trinajstić information content (AvgIpc) is 2.71. The van der Waals surface area contributed by atoms with Crippen molar-refractivity contribution in [3.05, 3.63) is 76.0 Å². The second-order valence-corrected chi connectivity index (χ2v) is 7.85. The van der Waals surface area contributed by atoms with Gasteiger partial charge in [-0.3, -0.25) is 4.98 Å². The number of methoxy groups -OCH3 is 1. The fourth-order valence-electron chi connectivity index (χ4n) is 2.97. The van der Waals surface area contributed by atoms with Crippen LogP contribution >= 0.6 is 23.2 Å². The quantitative estimate of drug-likeness (QED) is 0.332. The number of aliphatic imine (C=N–C) groups is 1. The Hall–Kier alpha value is -2.76. The van der Waals surface area contributed by atoms with Crippen LogP contribution in [-0.2, 0) is 6.42 Å². The molecular formula is C23H23Cl2N3O2. The van der Waals surface area contributed by atoms with Gasteiger partial charge in [0.15, 0.2) is 5.75 Å². The SMILES string of the molecule is COc1ccc(Oc2c(Cl)cc(N=C(N)Cc3cccnc3)cc2Cl)cc1C(C)C. The number of nitrogens with zero attached hydrogens (tertiary/aromatic N) is 2. The zero-order chi connectivity index (χ0) is 21.7. The van der Waals surface area contributed by atoms with E-state index in [9.17, 15) is 0 Å². The van der Waals surface area contributed by atoms with Crippen LogP contribution in [-0.4, -0.2) is 17.9 Å². The van der Waals surface area contributed by atoms with E-state index in [1.165, 1.54) is 0 Å². The normalized spacial score (nSPS) is 11.6. The maximum absolute atomic E-state index is 6.43. The molecule has 3 rings (SSSR count). The minimum atomic E-state index is 0.272. The molecule has 30 heavy (non-hydrogen) atoms. The number of ether oxygens (including phenoxy) is 2. The second kappa shape index (κ2) is 9.83. The van der Waals surface area contributed by atoms with Gasteiger partial charge >= 0.3 is 0 Å².